The molecule has 2 rings (SSSR count). The monoisotopic (exact) mass is 277 g/mol. The van der Waals surface area contributed by atoms with Crippen molar-refractivity contribution in [1.29, 1.82) is 0 Å². The summed E-state index contributed by atoms with van der Waals surface area (Å²) in [5.41, 5.74) is 2.75. The maximum atomic E-state index is 13.4. The minimum absolute atomic E-state index is 0.121. The molecule has 0 radical (unpaired) electrons. The van der Waals surface area contributed by atoms with E-state index in [0.29, 0.717) is 5.56 Å². The molecule has 0 spiro atoms. The molecule has 0 unspecified atom stereocenters. The van der Waals surface area contributed by atoms with E-state index >= 15 is 0 Å². The number of nitrogens with one attached hydrogen (secondary N) is 1. The van der Waals surface area contributed by atoms with Crippen LogP contribution in [0.5, 0.6) is 0 Å². The van der Waals surface area contributed by atoms with Gasteiger partial charge in [-0.05, 0) is 24.3 Å². The summed E-state index contributed by atoms with van der Waals surface area (Å²) in [7, 11) is 0. The number of amides is 1. The van der Waals surface area contributed by atoms with E-state index in [2.05, 4.69) is 15.5 Å². The molecule has 96 valence electrons. The van der Waals surface area contributed by atoms with Crippen molar-refractivity contribution in [3.05, 3.63) is 64.7 Å². The summed E-state index contributed by atoms with van der Waals surface area (Å²) in [6.45, 7) is 0. The van der Waals surface area contributed by atoms with Crippen LogP contribution in [0, 0.1) is 5.82 Å². The van der Waals surface area contributed by atoms with E-state index in [-0.39, 0.29) is 10.6 Å². The Morgan fingerprint density at radius 3 is 2.89 bits per heavy atom. The van der Waals surface area contributed by atoms with Crippen molar-refractivity contribution >= 4 is 23.7 Å². The van der Waals surface area contributed by atoms with Crippen LogP contribution < -0.4 is 5.43 Å². The highest BCUT2D eigenvalue weighted by atomic mass is 35.5. The van der Waals surface area contributed by atoms with Gasteiger partial charge >= 0.3 is 0 Å². The van der Waals surface area contributed by atoms with Crippen LogP contribution in [-0.4, -0.2) is 17.1 Å². The Bertz CT molecular complexity index is 596. The van der Waals surface area contributed by atoms with Gasteiger partial charge in [-0.25, -0.2) is 9.82 Å². The van der Waals surface area contributed by atoms with Crippen LogP contribution in [0.4, 0.5) is 4.39 Å². The molecule has 0 aliphatic rings. The zero-order chi connectivity index (χ0) is 13.7. The third kappa shape index (κ3) is 3.35. The average Bonchev–Trinajstić information content (AvgIpc) is 2.43. The standard InChI is InChI=1S/C13H9ClFN3O/c14-11-4-1-5-12(15)10(11)8-17-18-13(19)9-3-2-6-16-7-9/h1-8H,(H,18,19). The Hall–Kier alpha value is -2.27. The van der Waals surface area contributed by atoms with Gasteiger partial charge in [-0.2, -0.15) is 5.10 Å². The van der Waals surface area contributed by atoms with E-state index < -0.39 is 11.7 Å². The summed E-state index contributed by atoms with van der Waals surface area (Å²) in [5.74, 6) is -0.941. The quantitative estimate of drug-likeness (QED) is 0.693. The van der Waals surface area contributed by atoms with Crippen molar-refractivity contribution < 1.29 is 9.18 Å². The van der Waals surface area contributed by atoms with E-state index in [1.165, 1.54) is 24.4 Å². The second kappa shape index (κ2) is 6.06. The average molecular weight is 278 g/mol. The fourth-order valence-corrected chi connectivity index (χ4v) is 1.56. The van der Waals surface area contributed by atoms with Crippen LogP contribution in [-0.2, 0) is 0 Å². The summed E-state index contributed by atoms with van der Waals surface area (Å²) < 4.78 is 13.4. The summed E-state index contributed by atoms with van der Waals surface area (Å²) in [5, 5.41) is 3.88. The number of carbonyl (C=O) groups excluding carboxylic acids is 1. The maximum Gasteiger partial charge on any atom is 0.272 e. The molecule has 1 heterocycles. The lowest BCUT2D eigenvalue weighted by Crippen LogP contribution is -2.17. The molecule has 0 bridgehead atoms. The molecule has 0 aliphatic heterocycles. The molecule has 1 aromatic heterocycles. The lowest BCUT2D eigenvalue weighted by Gasteiger charge is -2.00. The molecular formula is C13H9ClFN3O. The zero-order valence-electron chi connectivity index (χ0n) is 9.68. The van der Waals surface area contributed by atoms with Crippen molar-refractivity contribution in [2.24, 2.45) is 5.10 Å². The van der Waals surface area contributed by atoms with Crippen LogP contribution in [0.15, 0.2) is 47.8 Å². The number of pyridine rings is 1. The molecule has 6 heteroatoms. The van der Waals surface area contributed by atoms with Crippen molar-refractivity contribution in [3.63, 3.8) is 0 Å². The number of carbonyl (C=O) groups is 1. The van der Waals surface area contributed by atoms with Crippen molar-refractivity contribution in [3.8, 4) is 0 Å². The summed E-state index contributed by atoms with van der Waals surface area (Å²) in [4.78, 5) is 15.4. The van der Waals surface area contributed by atoms with Gasteiger partial charge < -0.3 is 0 Å². The maximum absolute atomic E-state index is 13.4. The number of nitrogens with zero attached hydrogens (tertiary/aromatic N) is 2. The van der Waals surface area contributed by atoms with E-state index in [9.17, 15) is 9.18 Å². The lowest BCUT2D eigenvalue weighted by molar-refractivity contribution is 0.0955. The number of aromatic nitrogens is 1. The van der Waals surface area contributed by atoms with Gasteiger partial charge in [0.15, 0.2) is 0 Å². The second-order valence-corrected chi connectivity index (χ2v) is 3.98. The second-order valence-electron chi connectivity index (χ2n) is 3.58. The molecule has 19 heavy (non-hydrogen) atoms. The largest absolute Gasteiger partial charge is 0.272 e. The molecule has 1 aromatic carbocycles. The first-order chi connectivity index (χ1) is 9.18. The summed E-state index contributed by atoms with van der Waals surface area (Å²) >= 11 is 5.81. The van der Waals surface area contributed by atoms with Crippen LogP contribution in [0.2, 0.25) is 5.02 Å². The predicted octanol–water partition coefficient (Wildman–Crippen LogP) is 2.64. The number of benzene rings is 1. The summed E-state index contributed by atoms with van der Waals surface area (Å²) in [6.07, 6.45) is 4.12. The van der Waals surface area contributed by atoms with Gasteiger partial charge in [0, 0.05) is 18.0 Å². The molecular weight excluding hydrogens is 269 g/mol. The van der Waals surface area contributed by atoms with E-state index in [1.54, 1.807) is 18.3 Å². The highest BCUT2D eigenvalue weighted by Gasteiger charge is 2.05. The van der Waals surface area contributed by atoms with Crippen LogP contribution in [0.25, 0.3) is 0 Å². The Morgan fingerprint density at radius 1 is 1.37 bits per heavy atom. The highest BCUT2D eigenvalue weighted by molar-refractivity contribution is 6.33. The van der Waals surface area contributed by atoms with Crippen LogP contribution in [0.1, 0.15) is 15.9 Å². The van der Waals surface area contributed by atoms with Crippen molar-refractivity contribution in [1.82, 2.24) is 10.4 Å². The van der Waals surface area contributed by atoms with E-state index in [4.69, 9.17) is 11.6 Å². The SMILES string of the molecule is O=C(NN=Cc1c(F)cccc1Cl)c1cccnc1. The Kier molecular flexibility index (Phi) is 4.20. The van der Waals surface area contributed by atoms with Gasteiger partial charge in [0.25, 0.3) is 5.91 Å². The smallest absolute Gasteiger partial charge is 0.267 e. The normalized spacial score (nSPS) is 10.6. The topological polar surface area (TPSA) is 54.4 Å². The number of rotatable bonds is 3. The molecule has 4 nitrogen and oxygen atoms in total. The van der Waals surface area contributed by atoms with Gasteiger partial charge in [-0.1, -0.05) is 17.7 Å². The third-order valence-corrected chi connectivity index (χ3v) is 2.61. The molecule has 0 saturated heterocycles. The first kappa shape index (κ1) is 13.2. The third-order valence-electron chi connectivity index (χ3n) is 2.28. The Balaban J connectivity index is 2.07. The van der Waals surface area contributed by atoms with Crippen molar-refractivity contribution in [2.75, 3.05) is 0 Å². The zero-order valence-corrected chi connectivity index (χ0v) is 10.4. The van der Waals surface area contributed by atoms with Gasteiger partial charge in [-0.15, -0.1) is 0 Å². The van der Waals surface area contributed by atoms with Crippen LogP contribution in [0.3, 0.4) is 0 Å². The first-order valence-corrected chi connectivity index (χ1v) is 5.73. The number of hydrogen-bond donors (Lipinski definition) is 1. The lowest BCUT2D eigenvalue weighted by atomic mass is 10.2. The van der Waals surface area contributed by atoms with Gasteiger partial charge in [-0.3, -0.25) is 9.78 Å². The van der Waals surface area contributed by atoms with Crippen molar-refractivity contribution in [2.45, 2.75) is 0 Å². The Morgan fingerprint density at radius 2 is 2.21 bits per heavy atom. The first-order valence-electron chi connectivity index (χ1n) is 5.36. The minimum atomic E-state index is -0.508. The van der Waals surface area contributed by atoms with Crippen LogP contribution >= 0.6 is 11.6 Å². The molecule has 0 atom stereocenters. The molecule has 1 amide bonds. The Labute approximate surface area is 113 Å². The number of halogens is 2. The van der Waals surface area contributed by atoms with Gasteiger partial charge in [0.2, 0.25) is 0 Å². The molecule has 2 aromatic rings. The predicted molar refractivity (Wildman–Crippen MR) is 70.7 cm³/mol. The fourth-order valence-electron chi connectivity index (χ4n) is 1.35. The number of hydrogen-bond acceptors (Lipinski definition) is 3. The molecule has 1 N–H and O–H groups in total. The highest BCUT2D eigenvalue weighted by Crippen LogP contribution is 2.16. The summed E-state index contributed by atoms with van der Waals surface area (Å²) in [6, 6.07) is 7.51. The van der Waals surface area contributed by atoms with Gasteiger partial charge in [0.1, 0.15) is 5.82 Å². The molecule has 0 fully saturated rings. The van der Waals surface area contributed by atoms with E-state index in [1.807, 2.05) is 0 Å². The molecule has 0 aliphatic carbocycles. The fraction of sp³-hybridized carbons (Fsp3) is 0. The number of hydrazone groups is 1. The van der Waals surface area contributed by atoms with Gasteiger partial charge in [0.05, 0.1) is 16.8 Å². The minimum Gasteiger partial charge on any atom is -0.267 e. The van der Waals surface area contributed by atoms with E-state index in [0.717, 1.165) is 6.21 Å². The molecule has 0 saturated carbocycles.